The molecular weight excluding hydrogens is 238 g/mol. The minimum Gasteiger partial charge on any atom is -0.349 e. The van der Waals surface area contributed by atoms with E-state index in [4.69, 9.17) is 0 Å². The molecule has 96 valence electrons. The second kappa shape index (κ2) is 4.68. The maximum Gasteiger partial charge on any atom is 0.243 e. The number of anilines is 1. The lowest BCUT2D eigenvalue weighted by Gasteiger charge is -2.04. The first-order valence-electron chi connectivity index (χ1n) is 6.19. The summed E-state index contributed by atoms with van der Waals surface area (Å²) in [6.45, 7) is 4.77. The third-order valence-corrected chi connectivity index (χ3v) is 3.14. The standard InChI is InChI=1S/C14H15N5/c1-10-5-6-15-8-12(10)9-16-14-17-13-11(2)4-3-7-19(13)18-14/h3-8H,9H2,1-2H3,(H,16,18). The number of hydrogen-bond donors (Lipinski definition) is 1. The van der Waals surface area contributed by atoms with Gasteiger partial charge in [0.15, 0.2) is 5.65 Å². The van der Waals surface area contributed by atoms with E-state index in [0.29, 0.717) is 12.5 Å². The Kier molecular flexibility index (Phi) is 2.87. The molecule has 1 N–H and O–H groups in total. The molecule has 0 saturated carbocycles. The average Bonchev–Trinajstić information content (AvgIpc) is 2.82. The summed E-state index contributed by atoms with van der Waals surface area (Å²) in [6.07, 6.45) is 5.56. The van der Waals surface area contributed by atoms with Gasteiger partial charge in [-0.1, -0.05) is 6.07 Å². The molecular formula is C14H15N5. The SMILES string of the molecule is Cc1ccncc1CNc1nc2c(C)cccn2n1. The molecule has 5 nitrogen and oxygen atoms in total. The number of aromatic nitrogens is 4. The molecule has 3 heterocycles. The summed E-state index contributed by atoms with van der Waals surface area (Å²) >= 11 is 0. The molecule has 0 aliphatic carbocycles. The molecule has 3 aromatic heterocycles. The Bertz CT molecular complexity index is 717. The van der Waals surface area contributed by atoms with Gasteiger partial charge in [-0.2, -0.15) is 4.98 Å². The van der Waals surface area contributed by atoms with Crippen LogP contribution in [-0.2, 0) is 6.54 Å². The highest BCUT2D eigenvalue weighted by Crippen LogP contribution is 2.11. The van der Waals surface area contributed by atoms with E-state index in [0.717, 1.165) is 16.8 Å². The van der Waals surface area contributed by atoms with Gasteiger partial charge in [-0.25, -0.2) is 4.52 Å². The van der Waals surface area contributed by atoms with E-state index >= 15 is 0 Å². The summed E-state index contributed by atoms with van der Waals surface area (Å²) in [7, 11) is 0. The van der Waals surface area contributed by atoms with Gasteiger partial charge in [-0.15, -0.1) is 5.10 Å². The summed E-state index contributed by atoms with van der Waals surface area (Å²) in [5.74, 6) is 0.637. The molecule has 0 atom stereocenters. The molecule has 3 aromatic rings. The van der Waals surface area contributed by atoms with Crippen LogP contribution >= 0.6 is 0 Å². The smallest absolute Gasteiger partial charge is 0.243 e. The van der Waals surface area contributed by atoms with Crippen LogP contribution in [0.15, 0.2) is 36.8 Å². The zero-order chi connectivity index (χ0) is 13.2. The van der Waals surface area contributed by atoms with Gasteiger partial charge in [0.2, 0.25) is 5.95 Å². The normalized spacial score (nSPS) is 10.8. The van der Waals surface area contributed by atoms with Crippen LogP contribution < -0.4 is 5.32 Å². The number of fused-ring (bicyclic) bond motifs is 1. The van der Waals surface area contributed by atoms with Crippen LogP contribution in [0.5, 0.6) is 0 Å². The Balaban J connectivity index is 1.83. The lowest BCUT2D eigenvalue weighted by atomic mass is 10.2. The minimum atomic E-state index is 0.637. The van der Waals surface area contributed by atoms with E-state index in [9.17, 15) is 0 Å². The van der Waals surface area contributed by atoms with Crippen LogP contribution in [0.1, 0.15) is 16.7 Å². The van der Waals surface area contributed by atoms with Gasteiger partial charge in [-0.05, 0) is 42.7 Å². The average molecular weight is 253 g/mol. The van der Waals surface area contributed by atoms with Crippen LogP contribution in [0.2, 0.25) is 0 Å². The molecule has 0 fully saturated rings. The number of nitrogens with zero attached hydrogens (tertiary/aromatic N) is 4. The third kappa shape index (κ3) is 2.27. The van der Waals surface area contributed by atoms with E-state index in [1.807, 2.05) is 37.5 Å². The molecule has 0 unspecified atom stereocenters. The Hall–Kier alpha value is -2.43. The highest BCUT2D eigenvalue weighted by atomic mass is 15.3. The quantitative estimate of drug-likeness (QED) is 0.778. The van der Waals surface area contributed by atoms with Crippen molar-refractivity contribution in [1.29, 1.82) is 0 Å². The Labute approximate surface area is 111 Å². The van der Waals surface area contributed by atoms with Crippen LogP contribution in [0.25, 0.3) is 5.65 Å². The van der Waals surface area contributed by atoms with Gasteiger partial charge in [0.05, 0.1) is 0 Å². The Morgan fingerprint density at radius 3 is 2.89 bits per heavy atom. The van der Waals surface area contributed by atoms with Gasteiger partial charge in [-0.3, -0.25) is 4.98 Å². The van der Waals surface area contributed by atoms with Crippen molar-refractivity contribution >= 4 is 11.6 Å². The number of hydrogen-bond acceptors (Lipinski definition) is 4. The van der Waals surface area contributed by atoms with Crippen molar-refractivity contribution in [1.82, 2.24) is 19.6 Å². The Morgan fingerprint density at radius 1 is 1.21 bits per heavy atom. The van der Waals surface area contributed by atoms with E-state index in [2.05, 4.69) is 27.3 Å². The number of aryl methyl sites for hydroxylation is 2. The maximum absolute atomic E-state index is 4.48. The van der Waals surface area contributed by atoms with Gasteiger partial charge >= 0.3 is 0 Å². The third-order valence-electron chi connectivity index (χ3n) is 3.14. The predicted octanol–water partition coefficient (Wildman–Crippen LogP) is 2.35. The van der Waals surface area contributed by atoms with Crippen molar-refractivity contribution in [2.24, 2.45) is 0 Å². The molecule has 3 rings (SSSR count). The summed E-state index contributed by atoms with van der Waals surface area (Å²) in [5, 5.41) is 7.63. The molecule has 0 aromatic carbocycles. The topological polar surface area (TPSA) is 55.1 Å². The first kappa shape index (κ1) is 11.6. The lowest BCUT2D eigenvalue weighted by molar-refractivity contribution is 0.943. The lowest BCUT2D eigenvalue weighted by Crippen LogP contribution is -2.03. The molecule has 0 spiro atoms. The zero-order valence-electron chi connectivity index (χ0n) is 11.0. The molecule has 19 heavy (non-hydrogen) atoms. The van der Waals surface area contributed by atoms with E-state index in [-0.39, 0.29) is 0 Å². The molecule has 0 aliphatic heterocycles. The minimum absolute atomic E-state index is 0.637. The largest absolute Gasteiger partial charge is 0.349 e. The van der Waals surface area contributed by atoms with Crippen LogP contribution in [0, 0.1) is 13.8 Å². The highest BCUT2D eigenvalue weighted by molar-refractivity contribution is 5.49. The fourth-order valence-electron chi connectivity index (χ4n) is 1.97. The van der Waals surface area contributed by atoms with Gasteiger partial charge < -0.3 is 5.32 Å². The zero-order valence-corrected chi connectivity index (χ0v) is 11.0. The maximum atomic E-state index is 4.48. The van der Waals surface area contributed by atoms with Crippen molar-refractivity contribution in [2.75, 3.05) is 5.32 Å². The van der Waals surface area contributed by atoms with Crippen molar-refractivity contribution in [2.45, 2.75) is 20.4 Å². The number of rotatable bonds is 3. The van der Waals surface area contributed by atoms with Crippen molar-refractivity contribution in [3.8, 4) is 0 Å². The molecule has 0 radical (unpaired) electrons. The molecule has 0 amide bonds. The summed E-state index contributed by atoms with van der Waals surface area (Å²) in [4.78, 5) is 8.61. The monoisotopic (exact) mass is 253 g/mol. The first-order valence-corrected chi connectivity index (χ1v) is 6.19. The van der Waals surface area contributed by atoms with E-state index in [1.165, 1.54) is 5.56 Å². The molecule has 0 saturated heterocycles. The number of nitrogens with one attached hydrogen (secondary N) is 1. The van der Waals surface area contributed by atoms with Gasteiger partial charge in [0.25, 0.3) is 0 Å². The predicted molar refractivity (Wildman–Crippen MR) is 74.0 cm³/mol. The summed E-state index contributed by atoms with van der Waals surface area (Å²) in [5.41, 5.74) is 4.36. The van der Waals surface area contributed by atoms with Crippen LogP contribution in [-0.4, -0.2) is 19.6 Å². The second-order valence-corrected chi connectivity index (χ2v) is 4.55. The fourth-order valence-corrected chi connectivity index (χ4v) is 1.97. The van der Waals surface area contributed by atoms with Crippen LogP contribution in [0.4, 0.5) is 5.95 Å². The van der Waals surface area contributed by atoms with Crippen molar-refractivity contribution in [3.63, 3.8) is 0 Å². The highest BCUT2D eigenvalue weighted by Gasteiger charge is 2.05. The molecule has 0 bridgehead atoms. The summed E-state index contributed by atoms with van der Waals surface area (Å²) in [6, 6.07) is 5.99. The summed E-state index contributed by atoms with van der Waals surface area (Å²) < 4.78 is 1.79. The van der Waals surface area contributed by atoms with Crippen molar-refractivity contribution < 1.29 is 0 Å². The van der Waals surface area contributed by atoms with Crippen molar-refractivity contribution in [3.05, 3.63) is 53.5 Å². The van der Waals surface area contributed by atoms with Crippen LogP contribution in [0.3, 0.4) is 0 Å². The first-order chi connectivity index (χ1) is 9.24. The van der Waals surface area contributed by atoms with E-state index < -0.39 is 0 Å². The fraction of sp³-hybridized carbons (Fsp3) is 0.214. The number of pyridine rings is 2. The second-order valence-electron chi connectivity index (χ2n) is 4.55. The molecule has 0 aliphatic rings. The van der Waals surface area contributed by atoms with Gasteiger partial charge in [0, 0.05) is 25.1 Å². The van der Waals surface area contributed by atoms with E-state index in [1.54, 1.807) is 10.7 Å². The van der Waals surface area contributed by atoms with Gasteiger partial charge in [0.1, 0.15) is 0 Å². The molecule has 5 heteroatoms. The Morgan fingerprint density at radius 2 is 2.11 bits per heavy atom.